The third-order valence-electron chi connectivity index (χ3n) is 4.71. The number of carboxylic acids is 1. The van der Waals surface area contributed by atoms with Gasteiger partial charge in [0, 0.05) is 35.6 Å². The first-order valence-electron chi connectivity index (χ1n) is 8.03. The number of pyridine rings is 2. The highest BCUT2D eigenvalue weighted by Crippen LogP contribution is 2.47. The zero-order valence-corrected chi connectivity index (χ0v) is 13.4. The molecule has 3 heterocycles. The lowest BCUT2D eigenvalue weighted by atomic mass is 10.0. The SMILES string of the molecule is NCc1[nH]ncc1-c1ccc(-c2ccc(C3(C(=O)O)CC3)nc2)cn1. The summed E-state index contributed by atoms with van der Waals surface area (Å²) < 4.78 is 0. The van der Waals surface area contributed by atoms with E-state index >= 15 is 0 Å². The van der Waals surface area contributed by atoms with Crippen LogP contribution in [0, 0.1) is 0 Å². The molecule has 4 N–H and O–H groups in total. The second kappa shape index (κ2) is 5.78. The summed E-state index contributed by atoms with van der Waals surface area (Å²) in [6, 6.07) is 7.56. The van der Waals surface area contributed by atoms with Crippen molar-refractivity contribution in [2.45, 2.75) is 24.8 Å². The molecule has 0 aliphatic heterocycles. The van der Waals surface area contributed by atoms with Crippen LogP contribution in [0.1, 0.15) is 24.2 Å². The first-order valence-corrected chi connectivity index (χ1v) is 8.03. The van der Waals surface area contributed by atoms with Crippen molar-refractivity contribution in [3.05, 3.63) is 54.2 Å². The maximum absolute atomic E-state index is 11.4. The number of rotatable bonds is 5. The highest BCUT2D eigenvalue weighted by Gasteiger charge is 2.53. The highest BCUT2D eigenvalue weighted by atomic mass is 16.4. The van der Waals surface area contributed by atoms with Crippen LogP contribution in [0.3, 0.4) is 0 Å². The Balaban J connectivity index is 1.59. The molecule has 0 unspecified atom stereocenters. The third-order valence-corrected chi connectivity index (χ3v) is 4.71. The van der Waals surface area contributed by atoms with E-state index in [0.29, 0.717) is 25.1 Å². The molecule has 4 rings (SSSR count). The Hall–Kier alpha value is -3.06. The van der Waals surface area contributed by atoms with Gasteiger partial charge in [-0.15, -0.1) is 0 Å². The summed E-state index contributed by atoms with van der Waals surface area (Å²) in [5.74, 6) is -0.797. The van der Waals surface area contributed by atoms with Crippen molar-refractivity contribution in [1.29, 1.82) is 0 Å². The summed E-state index contributed by atoms with van der Waals surface area (Å²) in [4.78, 5) is 20.2. The van der Waals surface area contributed by atoms with Crippen molar-refractivity contribution >= 4 is 5.97 Å². The molecular formula is C18H17N5O2. The van der Waals surface area contributed by atoms with E-state index in [2.05, 4.69) is 20.2 Å². The summed E-state index contributed by atoms with van der Waals surface area (Å²) in [5.41, 5.74) is 9.87. The summed E-state index contributed by atoms with van der Waals surface area (Å²) in [6.45, 7) is 0.371. The van der Waals surface area contributed by atoms with Gasteiger partial charge >= 0.3 is 5.97 Å². The van der Waals surface area contributed by atoms with Crippen LogP contribution in [-0.2, 0) is 16.8 Å². The molecular weight excluding hydrogens is 318 g/mol. The van der Waals surface area contributed by atoms with Gasteiger partial charge in [0.25, 0.3) is 0 Å². The monoisotopic (exact) mass is 335 g/mol. The number of nitrogens with one attached hydrogen (secondary N) is 1. The van der Waals surface area contributed by atoms with Gasteiger partial charge in [-0.25, -0.2) is 0 Å². The number of H-pyrrole nitrogens is 1. The molecule has 0 atom stereocenters. The molecule has 1 aliphatic rings. The van der Waals surface area contributed by atoms with Gasteiger partial charge in [-0.1, -0.05) is 12.1 Å². The minimum Gasteiger partial charge on any atom is -0.481 e. The van der Waals surface area contributed by atoms with Crippen molar-refractivity contribution in [1.82, 2.24) is 20.2 Å². The van der Waals surface area contributed by atoms with Crippen LogP contribution in [0.15, 0.2) is 42.9 Å². The Morgan fingerprint density at radius 2 is 1.84 bits per heavy atom. The van der Waals surface area contributed by atoms with E-state index in [9.17, 15) is 9.90 Å². The van der Waals surface area contributed by atoms with Crippen LogP contribution >= 0.6 is 0 Å². The molecule has 0 radical (unpaired) electrons. The van der Waals surface area contributed by atoms with E-state index in [-0.39, 0.29) is 0 Å². The van der Waals surface area contributed by atoms with Crippen LogP contribution in [-0.4, -0.2) is 31.2 Å². The van der Waals surface area contributed by atoms with Crippen LogP contribution in [0.25, 0.3) is 22.4 Å². The van der Waals surface area contributed by atoms with Gasteiger partial charge in [-0.3, -0.25) is 19.9 Å². The molecule has 0 aromatic carbocycles. The standard InChI is InChI=1S/C18H17N5O2/c19-7-15-13(10-22-23-15)14-3-1-11(8-20-14)12-2-4-16(21-9-12)18(5-6-18)17(24)25/h1-4,8-10H,5-7,19H2,(H,22,23)(H,24,25). The van der Waals surface area contributed by atoms with Gasteiger partial charge in [0.15, 0.2) is 0 Å². The lowest BCUT2D eigenvalue weighted by molar-refractivity contribution is -0.140. The molecule has 3 aromatic rings. The zero-order chi connectivity index (χ0) is 17.4. The maximum Gasteiger partial charge on any atom is 0.315 e. The number of aliphatic carboxylic acids is 1. The van der Waals surface area contributed by atoms with Gasteiger partial charge in [0.05, 0.1) is 23.3 Å². The third kappa shape index (κ3) is 2.58. The number of nitrogens with two attached hydrogens (primary N) is 1. The van der Waals surface area contributed by atoms with Crippen LogP contribution < -0.4 is 5.73 Å². The molecule has 126 valence electrons. The van der Waals surface area contributed by atoms with E-state index in [1.54, 1.807) is 24.7 Å². The number of aromatic amines is 1. The van der Waals surface area contributed by atoms with E-state index < -0.39 is 11.4 Å². The predicted octanol–water partition coefficient (Wildman–Crippen LogP) is 2.11. The average molecular weight is 335 g/mol. The fraction of sp³-hybridized carbons (Fsp3) is 0.222. The Morgan fingerprint density at radius 1 is 1.12 bits per heavy atom. The number of carbonyl (C=O) groups is 1. The molecule has 1 aliphatic carbocycles. The maximum atomic E-state index is 11.4. The fourth-order valence-corrected chi connectivity index (χ4v) is 2.97. The van der Waals surface area contributed by atoms with Gasteiger partial charge < -0.3 is 10.8 Å². The van der Waals surface area contributed by atoms with E-state index in [0.717, 1.165) is 28.1 Å². The zero-order valence-electron chi connectivity index (χ0n) is 13.4. The topological polar surface area (TPSA) is 118 Å². The molecule has 1 saturated carbocycles. The van der Waals surface area contributed by atoms with Crippen LogP contribution in [0.4, 0.5) is 0 Å². The molecule has 7 nitrogen and oxygen atoms in total. The molecule has 25 heavy (non-hydrogen) atoms. The number of nitrogens with zero attached hydrogens (tertiary/aromatic N) is 3. The second-order valence-corrected chi connectivity index (χ2v) is 6.22. The first-order chi connectivity index (χ1) is 12.1. The van der Waals surface area contributed by atoms with Gasteiger partial charge in [0.2, 0.25) is 0 Å². The Morgan fingerprint density at radius 3 is 2.36 bits per heavy atom. The van der Waals surface area contributed by atoms with Crippen LogP contribution in [0.5, 0.6) is 0 Å². The summed E-state index contributed by atoms with van der Waals surface area (Å²) in [7, 11) is 0. The Kier molecular flexibility index (Phi) is 3.58. The van der Waals surface area contributed by atoms with Crippen molar-refractivity contribution in [3.8, 4) is 22.4 Å². The molecule has 0 amide bonds. The number of hydrogen-bond acceptors (Lipinski definition) is 5. The number of carboxylic acid groups (broad SMARTS) is 1. The average Bonchev–Trinajstić information content (AvgIpc) is 3.33. The second-order valence-electron chi connectivity index (χ2n) is 6.22. The van der Waals surface area contributed by atoms with E-state index in [1.807, 2.05) is 18.2 Å². The first kappa shape index (κ1) is 15.5. The van der Waals surface area contributed by atoms with Crippen molar-refractivity contribution in [2.24, 2.45) is 5.73 Å². The smallest absolute Gasteiger partial charge is 0.315 e. The molecule has 3 aromatic heterocycles. The Bertz CT molecular complexity index is 911. The lowest BCUT2D eigenvalue weighted by Gasteiger charge is -2.10. The predicted molar refractivity (Wildman–Crippen MR) is 91.5 cm³/mol. The molecule has 0 spiro atoms. The van der Waals surface area contributed by atoms with Gasteiger partial charge in [-0.05, 0) is 25.0 Å². The lowest BCUT2D eigenvalue weighted by Crippen LogP contribution is -2.20. The summed E-state index contributed by atoms with van der Waals surface area (Å²) in [5, 5.41) is 16.2. The minimum atomic E-state index is -0.797. The molecule has 0 bridgehead atoms. The van der Waals surface area contributed by atoms with Gasteiger partial charge in [0.1, 0.15) is 5.41 Å². The molecule has 0 saturated heterocycles. The van der Waals surface area contributed by atoms with Crippen molar-refractivity contribution in [3.63, 3.8) is 0 Å². The normalized spacial score (nSPS) is 15.1. The Labute approximate surface area is 143 Å². The van der Waals surface area contributed by atoms with Gasteiger partial charge in [-0.2, -0.15) is 5.10 Å². The van der Waals surface area contributed by atoms with Crippen molar-refractivity contribution < 1.29 is 9.90 Å². The molecule has 1 fully saturated rings. The quantitative estimate of drug-likeness (QED) is 0.657. The number of hydrogen-bond donors (Lipinski definition) is 3. The van der Waals surface area contributed by atoms with E-state index in [4.69, 9.17) is 5.73 Å². The summed E-state index contributed by atoms with van der Waals surface area (Å²) >= 11 is 0. The fourth-order valence-electron chi connectivity index (χ4n) is 2.97. The highest BCUT2D eigenvalue weighted by molar-refractivity contribution is 5.84. The van der Waals surface area contributed by atoms with E-state index in [1.165, 1.54) is 0 Å². The molecule has 7 heteroatoms. The minimum absolute atomic E-state index is 0.371. The largest absolute Gasteiger partial charge is 0.481 e. The number of aromatic nitrogens is 4. The van der Waals surface area contributed by atoms with Crippen molar-refractivity contribution in [2.75, 3.05) is 0 Å². The summed E-state index contributed by atoms with van der Waals surface area (Å²) in [6.07, 6.45) is 6.49. The van der Waals surface area contributed by atoms with Crippen LogP contribution in [0.2, 0.25) is 0 Å².